The molecule has 1 aliphatic heterocycles. The van der Waals surface area contributed by atoms with Gasteiger partial charge in [-0.15, -0.1) is 10.2 Å². The molecule has 1 fully saturated rings. The molecule has 1 amide bonds. The summed E-state index contributed by atoms with van der Waals surface area (Å²) in [6.07, 6.45) is 4.31. The molecule has 1 aliphatic rings. The van der Waals surface area contributed by atoms with E-state index in [4.69, 9.17) is 0 Å². The van der Waals surface area contributed by atoms with Gasteiger partial charge >= 0.3 is 0 Å². The van der Waals surface area contributed by atoms with Gasteiger partial charge in [-0.25, -0.2) is 4.39 Å². The number of carbonyl (C=O) groups excluding carboxylic acids is 1. The molecule has 3 heterocycles. The molecular weight excluding hydrogens is 367 g/mol. The number of nitrogens with zero attached hydrogens (tertiary/aromatic N) is 4. The average molecular weight is 386 g/mol. The van der Waals surface area contributed by atoms with Crippen LogP contribution in [-0.4, -0.2) is 39.0 Å². The Morgan fingerprint density at radius 3 is 3.04 bits per heavy atom. The maximum atomic E-state index is 13.7. The van der Waals surface area contributed by atoms with Crippen LogP contribution in [0.25, 0.3) is 0 Å². The number of piperidine rings is 1. The number of anilines is 1. The highest BCUT2D eigenvalue weighted by atomic mass is 32.1. The molecule has 7 nitrogen and oxygen atoms in total. The van der Waals surface area contributed by atoms with Gasteiger partial charge in [-0.2, -0.15) is 5.10 Å². The summed E-state index contributed by atoms with van der Waals surface area (Å²) in [7, 11) is 0. The standard InChI is InChI=1S/C18H19FN6OS/c19-14-6-2-1-4-12(14)10-16-22-23-18(27-16)21-17(26)15-7-9-25(24-15)13-5-3-8-20-11-13/h1-2,4,6-7,9,13,20H,3,5,8,10-11H2,(H,21,23,26). The molecule has 9 heteroatoms. The van der Waals surface area contributed by atoms with Crippen LogP contribution in [0.4, 0.5) is 9.52 Å². The molecule has 0 aliphatic carbocycles. The van der Waals surface area contributed by atoms with Gasteiger partial charge in [0.15, 0.2) is 5.69 Å². The predicted molar refractivity (Wildman–Crippen MR) is 100 cm³/mol. The average Bonchev–Trinajstić information content (AvgIpc) is 3.34. The zero-order chi connectivity index (χ0) is 18.6. The van der Waals surface area contributed by atoms with Crippen LogP contribution in [0, 0.1) is 5.82 Å². The van der Waals surface area contributed by atoms with E-state index < -0.39 is 0 Å². The van der Waals surface area contributed by atoms with E-state index >= 15 is 0 Å². The van der Waals surface area contributed by atoms with Crippen LogP contribution in [-0.2, 0) is 6.42 Å². The van der Waals surface area contributed by atoms with Crippen LogP contribution >= 0.6 is 11.3 Å². The lowest BCUT2D eigenvalue weighted by Crippen LogP contribution is -2.32. The Morgan fingerprint density at radius 1 is 1.33 bits per heavy atom. The summed E-state index contributed by atoms with van der Waals surface area (Å²) in [4.78, 5) is 12.4. The number of carbonyl (C=O) groups is 1. The molecule has 2 N–H and O–H groups in total. The van der Waals surface area contributed by atoms with E-state index in [1.807, 2.05) is 10.9 Å². The van der Waals surface area contributed by atoms with Crippen molar-refractivity contribution in [3.8, 4) is 0 Å². The first-order chi connectivity index (χ1) is 13.2. The van der Waals surface area contributed by atoms with Crippen molar-refractivity contribution in [2.45, 2.75) is 25.3 Å². The summed E-state index contributed by atoms with van der Waals surface area (Å²) in [5, 5.41) is 19.5. The summed E-state index contributed by atoms with van der Waals surface area (Å²) in [5.41, 5.74) is 0.887. The third-order valence-electron chi connectivity index (χ3n) is 4.47. The second-order valence-corrected chi connectivity index (χ2v) is 7.47. The summed E-state index contributed by atoms with van der Waals surface area (Å²) >= 11 is 1.23. The Labute approximate surface area is 159 Å². The fourth-order valence-electron chi connectivity index (χ4n) is 3.06. The highest BCUT2D eigenvalue weighted by molar-refractivity contribution is 7.15. The SMILES string of the molecule is O=C(Nc1nnc(Cc2ccccc2F)s1)c1ccn(C2CCCNC2)n1. The van der Waals surface area contributed by atoms with Crippen molar-refractivity contribution < 1.29 is 9.18 Å². The van der Waals surface area contributed by atoms with E-state index in [1.165, 1.54) is 17.4 Å². The van der Waals surface area contributed by atoms with Gasteiger partial charge in [-0.05, 0) is 37.1 Å². The van der Waals surface area contributed by atoms with Crippen LogP contribution in [0.1, 0.15) is 39.9 Å². The monoisotopic (exact) mass is 386 g/mol. The summed E-state index contributed by atoms with van der Waals surface area (Å²) in [6.45, 7) is 1.88. The highest BCUT2D eigenvalue weighted by Crippen LogP contribution is 2.21. The molecule has 1 unspecified atom stereocenters. The first kappa shape index (κ1) is 17.7. The number of benzene rings is 1. The quantitative estimate of drug-likeness (QED) is 0.704. The van der Waals surface area contributed by atoms with Gasteiger partial charge < -0.3 is 5.32 Å². The topological polar surface area (TPSA) is 84.7 Å². The molecule has 2 aromatic heterocycles. The minimum atomic E-state index is -0.328. The van der Waals surface area contributed by atoms with Gasteiger partial charge in [0.1, 0.15) is 10.8 Å². The number of halogens is 1. The molecule has 0 bridgehead atoms. The van der Waals surface area contributed by atoms with Gasteiger partial charge in [-0.3, -0.25) is 14.8 Å². The van der Waals surface area contributed by atoms with E-state index in [1.54, 1.807) is 24.3 Å². The van der Waals surface area contributed by atoms with Gasteiger partial charge in [-0.1, -0.05) is 29.5 Å². The van der Waals surface area contributed by atoms with Crippen molar-refractivity contribution in [1.29, 1.82) is 0 Å². The Balaban J connectivity index is 1.39. The van der Waals surface area contributed by atoms with Crippen molar-refractivity contribution in [2.75, 3.05) is 18.4 Å². The fraction of sp³-hybridized carbons (Fsp3) is 0.333. The van der Waals surface area contributed by atoms with Crippen LogP contribution in [0.3, 0.4) is 0 Å². The van der Waals surface area contributed by atoms with Crippen molar-refractivity contribution >= 4 is 22.4 Å². The number of hydrogen-bond acceptors (Lipinski definition) is 6. The van der Waals surface area contributed by atoms with Crippen molar-refractivity contribution in [1.82, 2.24) is 25.3 Å². The lowest BCUT2D eigenvalue weighted by atomic mass is 10.1. The zero-order valence-corrected chi connectivity index (χ0v) is 15.4. The van der Waals surface area contributed by atoms with Gasteiger partial charge in [0.2, 0.25) is 5.13 Å². The zero-order valence-electron chi connectivity index (χ0n) is 14.6. The third kappa shape index (κ3) is 4.20. The van der Waals surface area contributed by atoms with E-state index in [0.717, 1.165) is 25.9 Å². The normalized spacial score (nSPS) is 17.0. The highest BCUT2D eigenvalue weighted by Gasteiger charge is 2.18. The van der Waals surface area contributed by atoms with Crippen LogP contribution < -0.4 is 10.6 Å². The minimum Gasteiger partial charge on any atom is -0.315 e. The maximum Gasteiger partial charge on any atom is 0.277 e. The molecule has 1 atom stereocenters. The smallest absolute Gasteiger partial charge is 0.277 e. The fourth-order valence-corrected chi connectivity index (χ4v) is 3.82. The van der Waals surface area contributed by atoms with Crippen LogP contribution in [0.5, 0.6) is 0 Å². The molecule has 4 rings (SSSR count). The summed E-state index contributed by atoms with van der Waals surface area (Å²) in [6, 6.07) is 8.52. The second-order valence-electron chi connectivity index (χ2n) is 6.40. The maximum absolute atomic E-state index is 13.7. The minimum absolute atomic E-state index is 0.272. The molecule has 0 radical (unpaired) electrons. The number of amides is 1. The van der Waals surface area contributed by atoms with E-state index in [9.17, 15) is 9.18 Å². The van der Waals surface area contributed by atoms with Gasteiger partial charge in [0, 0.05) is 19.2 Å². The summed E-state index contributed by atoms with van der Waals surface area (Å²) in [5.74, 6) is -0.605. The molecule has 140 valence electrons. The molecule has 1 aromatic carbocycles. The van der Waals surface area contributed by atoms with Gasteiger partial charge in [0.25, 0.3) is 5.91 Å². The van der Waals surface area contributed by atoms with Crippen molar-refractivity contribution in [3.63, 3.8) is 0 Å². The van der Waals surface area contributed by atoms with E-state index in [2.05, 4.69) is 25.9 Å². The molecular formula is C18H19FN6OS. The predicted octanol–water partition coefficient (Wildman–Crippen LogP) is 2.64. The lowest BCUT2D eigenvalue weighted by molar-refractivity contribution is 0.102. The molecule has 27 heavy (non-hydrogen) atoms. The number of nitrogens with one attached hydrogen (secondary N) is 2. The largest absolute Gasteiger partial charge is 0.315 e. The first-order valence-corrected chi connectivity index (χ1v) is 9.64. The molecule has 3 aromatic rings. The number of hydrogen-bond donors (Lipinski definition) is 2. The molecule has 0 saturated carbocycles. The Bertz CT molecular complexity index is 933. The lowest BCUT2D eigenvalue weighted by Gasteiger charge is -2.22. The second kappa shape index (κ2) is 7.93. The number of aromatic nitrogens is 4. The summed E-state index contributed by atoms with van der Waals surface area (Å²) < 4.78 is 15.6. The Morgan fingerprint density at radius 2 is 2.22 bits per heavy atom. The van der Waals surface area contributed by atoms with Crippen molar-refractivity contribution in [3.05, 3.63) is 58.6 Å². The number of rotatable bonds is 5. The first-order valence-electron chi connectivity index (χ1n) is 8.82. The Hall–Kier alpha value is -2.65. The molecule has 0 spiro atoms. The van der Waals surface area contributed by atoms with Crippen LogP contribution in [0.15, 0.2) is 36.5 Å². The van der Waals surface area contributed by atoms with Gasteiger partial charge in [0.05, 0.1) is 6.04 Å². The third-order valence-corrected chi connectivity index (χ3v) is 5.31. The van der Waals surface area contributed by atoms with E-state index in [-0.39, 0.29) is 17.8 Å². The Kier molecular flexibility index (Phi) is 5.21. The van der Waals surface area contributed by atoms with Crippen LogP contribution in [0.2, 0.25) is 0 Å². The molecule has 1 saturated heterocycles. The van der Waals surface area contributed by atoms with E-state index in [0.29, 0.717) is 27.8 Å². The van der Waals surface area contributed by atoms with Crippen molar-refractivity contribution in [2.24, 2.45) is 0 Å².